The number of nitrogens with zero attached hydrogens (tertiary/aromatic N) is 4. The lowest BCUT2D eigenvalue weighted by atomic mass is 10.3. The van der Waals surface area contributed by atoms with Gasteiger partial charge in [0.25, 0.3) is 0 Å². The normalized spacial score (nSPS) is 15.9. The van der Waals surface area contributed by atoms with Gasteiger partial charge in [0.1, 0.15) is 0 Å². The summed E-state index contributed by atoms with van der Waals surface area (Å²) >= 11 is 0. The van der Waals surface area contributed by atoms with Crippen LogP contribution >= 0.6 is 0 Å². The molecule has 62 valence electrons. The van der Waals surface area contributed by atoms with E-state index in [1.54, 1.807) is 0 Å². The molecule has 0 unspecified atom stereocenters. The largest absolute Gasteiger partial charge is 0.252 e. The molecule has 1 saturated carbocycles. The van der Waals surface area contributed by atoms with E-state index < -0.39 is 0 Å². The maximum atomic E-state index is 8.40. The van der Waals surface area contributed by atoms with E-state index in [0.717, 1.165) is 18.2 Å². The zero-order valence-electron chi connectivity index (χ0n) is 6.77. The zero-order valence-corrected chi connectivity index (χ0v) is 6.77. The summed E-state index contributed by atoms with van der Waals surface area (Å²) in [4.78, 5) is 0. The Morgan fingerprint density at radius 1 is 1.67 bits per heavy atom. The van der Waals surface area contributed by atoms with E-state index in [0.29, 0.717) is 6.42 Å². The maximum absolute atomic E-state index is 8.40. The second-order valence-corrected chi connectivity index (χ2v) is 3.21. The lowest BCUT2D eigenvalue weighted by Gasteiger charge is -1.93. The molecule has 0 aromatic carbocycles. The Kier molecular flexibility index (Phi) is 1.78. The Hall–Kier alpha value is -1.37. The lowest BCUT2D eigenvalue weighted by Crippen LogP contribution is -1.99. The number of hydrogen-bond donors (Lipinski definition) is 0. The molecule has 2 rings (SSSR count). The predicted molar refractivity (Wildman–Crippen MR) is 42.1 cm³/mol. The van der Waals surface area contributed by atoms with Gasteiger partial charge in [-0.1, -0.05) is 5.21 Å². The van der Waals surface area contributed by atoms with Gasteiger partial charge in [0.2, 0.25) is 0 Å². The van der Waals surface area contributed by atoms with Gasteiger partial charge in [-0.25, -0.2) is 0 Å². The molecule has 12 heavy (non-hydrogen) atoms. The summed E-state index contributed by atoms with van der Waals surface area (Å²) in [7, 11) is 0. The standard InChI is InChI=1S/C8H10N4/c9-4-3-8-6-12(11-10-8)5-7-1-2-7/h6-7H,1-3,5H2. The van der Waals surface area contributed by atoms with Gasteiger partial charge in [-0.3, -0.25) is 4.68 Å². The minimum absolute atomic E-state index is 0.366. The van der Waals surface area contributed by atoms with E-state index in [1.165, 1.54) is 12.8 Å². The first-order valence-corrected chi connectivity index (χ1v) is 4.14. The molecule has 0 atom stereocenters. The van der Waals surface area contributed by atoms with Crippen molar-refractivity contribution in [3.63, 3.8) is 0 Å². The van der Waals surface area contributed by atoms with Gasteiger partial charge >= 0.3 is 0 Å². The number of aromatic nitrogens is 3. The summed E-state index contributed by atoms with van der Waals surface area (Å²) in [6.07, 6.45) is 4.85. The van der Waals surface area contributed by atoms with Gasteiger partial charge in [-0.2, -0.15) is 5.26 Å². The van der Waals surface area contributed by atoms with Gasteiger partial charge in [0.15, 0.2) is 0 Å². The summed E-state index contributed by atoms with van der Waals surface area (Å²) in [6, 6.07) is 2.05. The van der Waals surface area contributed by atoms with Crippen LogP contribution in [-0.2, 0) is 13.0 Å². The Bertz CT molecular complexity index is 305. The van der Waals surface area contributed by atoms with Crippen LogP contribution in [-0.4, -0.2) is 15.0 Å². The van der Waals surface area contributed by atoms with Crippen molar-refractivity contribution in [3.05, 3.63) is 11.9 Å². The van der Waals surface area contributed by atoms with E-state index >= 15 is 0 Å². The summed E-state index contributed by atoms with van der Waals surface area (Å²) in [5, 5.41) is 16.2. The molecule has 1 aliphatic rings. The van der Waals surface area contributed by atoms with Crippen LogP contribution in [0.4, 0.5) is 0 Å². The van der Waals surface area contributed by atoms with Crippen molar-refractivity contribution in [2.75, 3.05) is 0 Å². The molecular weight excluding hydrogens is 152 g/mol. The molecular formula is C8H10N4. The summed E-state index contributed by atoms with van der Waals surface area (Å²) < 4.78 is 1.84. The highest BCUT2D eigenvalue weighted by atomic mass is 15.4. The Labute approximate surface area is 70.8 Å². The Morgan fingerprint density at radius 3 is 3.17 bits per heavy atom. The lowest BCUT2D eigenvalue weighted by molar-refractivity contribution is 0.544. The highest BCUT2D eigenvalue weighted by Crippen LogP contribution is 2.30. The van der Waals surface area contributed by atoms with Crippen molar-refractivity contribution < 1.29 is 0 Å². The van der Waals surface area contributed by atoms with Crippen molar-refractivity contribution in [2.24, 2.45) is 5.92 Å². The van der Waals surface area contributed by atoms with Crippen LogP contribution in [0, 0.1) is 17.2 Å². The molecule has 0 amide bonds. The summed E-state index contributed by atoms with van der Waals surface area (Å²) in [5.41, 5.74) is 0.776. The molecule has 1 aliphatic carbocycles. The van der Waals surface area contributed by atoms with Crippen molar-refractivity contribution in [2.45, 2.75) is 25.8 Å². The fourth-order valence-corrected chi connectivity index (χ4v) is 1.15. The Balaban J connectivity index is 1.98. The van der Waals surface area contributed by atoms with E-state index in [9.17, 15) is 0 Å². The topological polar surface area (TPSA) is 54.5 Å². The maximum Gasteiger partial charge on any atom is 0.0967 e. The highest BCUT2D eigenvalue weighted by molar-refractivity contribution is 5.00. The van der Waals surface area contributed by atoms with Crippen molar-refractivity contribution in [1.29, 1.82) is 5.26 Å². The molecule has 0 N–H and O–H groups in total. The SMILES string of the molecule is N#CCc1cn(CC2CC2)nn1. The molecule has 0 saturated heterocycles. The van der Waals surface area contributed by atoms with E-state index in [-0.39, 0.29) is 0 Å². The van der Waals surface area contributed by atoms with Gasteiger partial charge in [0, 0.05) is 12.7 Å². The van der Waals surface area contributed by atoms with Crippen LogP contribution in [0.15, 0.2) is 6.20 Å². The molecule has 0 spiro atoms. The van der Waals surface area contributed by atoms with Crippen LogP contribution in [0.5, 0.6) is 0 Å². The third-order valence-electron chi connectivity index (χ3n) is 1.99. The average molecular weight is 162 g/mol. The fraction of sp³-hybridized carbons (Fsp3) is 0.625. The molecule has 1 aromatic rings. The number of rotatable bonds is 3. The molecule has 4 heteroatoms. The van der Waals surface area contributed by atoms with Crippen LogP contribution in [0.1, 0.15) is 18.5 Å². The molecule has 1 fully saturated rings. The summed E-state index contributed by atoms with van der Waals surface area (Å²) in [5.74, 6) is 0.807. The third-order valence-corrected chi connectivity index (χ3v) is 1.99. The zero-order chi connectivity index (χ0) is 8.39. The van der Waals surface area contributed by atoms with E-state index in [1.807, 2.05) is 10.9 Å². The first-order valence-electron chi connectivity index (χ1n) is 4.14. The third kappa shape index (κ3) is 1.62. The highest BCUT2D eigenvalue weighted by Gasteiger charge is 2.22. The fourth-order valence-electron chi connectivity index (χ4n) is 1.15. The molecule has 0 aliphatic heterocycles. The minimum atomic E-state index is 0.366. The van der Waals surface area contributed by atoms with Crippen LogP contribution in [0.25, 0.3) is 0 Å². The quantitative estimate of drug-likeness (QED) is 0.659. The average Bonchev–Trinajstić information content (AvgIpc) is 2.74. The first-order chi connectivity index (χ1) is 5.88. The van der Waals surface area contributed by atoms with E-state index in [4.69, 9.17) is 5.26 Å². The van der Waals surface area contributed by atoms with Crippen LogP contribution in [0.3, 0.4) is 0 Å². The monoisotopic (exact) mass is 162 g/mol. The van der Waals surface area contributed by atoms with Crippen molar-refractivity contribution in [3.8, 4) is 6.07 Å². The van der Waals surface area contributed by atoms with Gasteiger partial charge in [0.05, 0.1) is 18.2 Å². The number of hydrogen-bond acceptors (Lipinski definition) is 3. The van der Waals surface area contributed by atoms with Crippen LogP contribution < -0.4 is 0 Å². The summed E-state index contributed by atoms with van der Waals surface area (Å²) in [6.45, 7) is 0.971. The predicted octanol–water partition coefficient (Wildman–Crippen LogP) is 0.754. The molecule has 0 radical (unpaired) electrons. The van der Waals surface area contributed by atoms with Gasteiger partial charge in [-0.05, 0) is 18.8 Å². The van der Waals surface area contributed by atoms with Gasteiger partial charge in [-0.15, -0.1) is 5.10 Å². The molecule has 4 nitrogen and oxygen atoms in total. The first kappa shape index (κ1) is 7.29. The smallest absolute Gasteiger partial charge is 0.0967 e. The van der Waals surface area contributed by atoms with E-state index in [2.05, 4.69) is 16.4 Å². The second kappa shape index (κ2) is 2.94. The Morgan fingerprint density at radius 2 is 2.50 bits per heavy atom. The van der Waals surface area contributed by atoms with Crippen LogP contribution in [0.2, 0.25) is 0 Å². The minimum Gasteiger partial charge on any atom is -0.252 e. The molecule has 1 aromatic heterocycles. The molecule has 1 heterocycles. The molecule has 0 bridgehead atoms. The van der Waals surface area contributed by atoms with Crippen molar-refractivity contribution >= 4 is 0 Å². The number of nitriles is 1. The second-order valence-electron chi connectivity index (χ2n) is 3.21. The van der Waals surface area contributed by atoms with Crippen molar-refractivity contribution in [1.82, 2.24) is 15.0 Å². The van der Waals surface area contributed by atoms with Gasteiger partial charge < -0.3 is 0 Å².